The smallest absolute Gasteiger partial charge is 0.126 e. The van der Waals surface area contributed by atoms with Crippen molar-refractivity contribution in [2.75, 3.05) is 6.54 Å². The van der Waals surface area contributed by atoms with Crippen LogP contribution in [0.15, 0.2) is 18.2 Å². The summed E-state index contributed by atoms with van der Waals surface area (Å²) in [6, 6.07) is 3.70. The van der Waals surface area contributed by atoms with E-state index >= 15 is 0 Å². The lowest BCUT2D eigenvalue weighted by Crippen LogP contribution is -2.27. The summed E-state index contributed by atoms with van der Waals surface area (Å²) in [6.45, 7) is 5.17. The van der Waals surface area contributed by atoms with Crippen LogP contribution in [-0.4, -0.2) is 6.54 Å². The molecule has 0 radical (unpaired) electrons. The molecule has 0 saturated heterocycles. The van der Waals surface area contributed by atoms with Gasteiger partial charge >= 0.3 is 0 Å². The highest BCUT2D eigenvalue weighted by atomic mass is 19.1. The lowest BCUT2D eigenvalue weighted by atomic mass is 9.97. The fourth-order valence-corrected chi connectivity index (χ4v) is 2.80. The van der Waals surface area contributed by atoms with Crippen LogP contribution >= 0.6 is 0 Å². The molecule has 0 bridgehead atoms. The topological polar surface area (TPSA) is 12.0 Å². The molecule has 3 unspecified atom stereocenters. The monoisotopic (exact) mass is 253 g/mol. The fourth-order valence-electron chi connectivity index (χ4n) is 2.80. The van der Waals surface area contributed by atoms with Crippen molar-refractivity contribution in [3.63, 3.8) is 0 Å². The standard InChI is InChI=1S/C15H21F2N/c1-10-4-3-5-12(10)9-18-11(2)13-6-14(16)8-15(17)7-13/h6-8,10-12,18H,3-5,9H2,1-2H3. The van der Waals surface area contributed by atoms with Gasteiger partial charge < -0.3 is 5.32 Å². The maximum atomic E-state index is 13.1. The van der Waals surface area contributed by atoms with Gasteiger partial charge in [0.05, 0.1) is 0 Å². The number of rotatable bonds is 4. The molecule has 0 aliphatic heterocycles. The highest BCUT2D eigenvalue weighted by molar-refractivity contribution is 5.20. The molecule has 1 nitrogen and oxygen atoms in total. The Hall–Kier alpha value is -0.960. The minimum absolute atomic E-state index is 0.0111. The molecule has 0 aromatic heterocycles. The first-order valence-corrected chi connectivity index (χ1v) is 6.75. The summed E-state index contributed by atoms with van der Waals surface area (Å²) in [4.78, 5) is 0. The lowest BCUT2D eigenvalue weighted by Gasteiger charge is -2.20. The summed E-state index contributed by atoms with van der Waals surface area (Å²) >= 11 is 0. The van der Waals surface area contributed by atoms with Gasteiger partial charge in [-0.05, 0) is 49.4 Å². The van der Waals surface area contributed by atoms with Gasteiger partial charge in [-0.3, -0.25) is 0 Å². The lowest BCUT2D eigenvalue weighted by molar-refractivity contribution is 0.374. The Morgan fingerprint density at radius 1 is 1.22 bits per heavy atom. The normalized spacial score (nSPS) is 25.3. The van der Waals surface area contributed by atoms with Gasteiger partial charge in [-0.1, -0.05) is 19.8 Å². The third-order valence-electron chi connectivity index (χ3n) is 4.11. The Labute approximate surface area is 108 Å². The third kappa shape index (κ3) is 3.29. The maximum absolute atomic E-state index is 13.1. The van der Waals surface area contributed by atoms with Crippen molar-refractivity contribution in [1.29, 1.82) is 0 Å². The molecule has 100 valence electrons. The summed E-state index contributed by atoms with van der Waals surface area (Å²) in [5.41, 5.74) is 0.679. The quantitative estimate of drug-likeness (QED) is 0.853. The average molecular weight is 253 g/mol. The summed E-state index contributed by atoms with van der Waals surface area (Å²) in [7, 11) is 0. The van der Waals surface area contributed by atoms with Crippen LogP contribution in [0.1, 0.15) is 44.7 Å². The number of halogens is 2. The average Bonchev–Trinajstić information content (AvgIpc) is 2.70. The van der Waals surface area contributed by atoms with Crippen LogP contribution in [-0.2, 0) is 0 Å². The molecule has 0 heterocycles. The highest BCUT2D eigenvalue weighted by Crippen LogP contribution is 2.31. The van der Waals surface area contributed by atoms with Crippen molar-refractivity contribution >= 4 is 0 Å². The van der Waals surface area contributed by atoms with Crippen LogP contribution in [0.5, 0.6) is 0 Å². The Kier molecular flexibility index (Phi) is 4.33. The van der Waals surface area contributed by atoms with Gasteiger partial charge in [0.1, 0.15) is 11.6 Å². The number of hydrogen-bond acceptors (Lipinski definition) is 1. The molecule has 1 N–H and O–H groups in total. The van der Waals surface area contributed by atoms with Gasteiger partial charge in [-0.2, -0.15) is 0 Å². The molecule has 1 aliphatic carbocycles. The molecular weight excluding hydrogens is 232 g/mol. The van der Waals surface area contributed by atoms with Crippen molar-refractivity contribution in [2.24, 2.45) is 11.8 Å². The van der Waals surface area contributed by atoms with Crippen molar-refractivity contribution in [2.45, 2.75) is 39.2 Å². The Bertz CT molecular complexity index is 385. The predicted molar refractivity (Wildman–Crippen MR) is 69.3 cm³/mol. The SMILES string of the molecule is CC(NCC1CCCC1C)c1cc(F)cc(F)c1. The van der Waals surface area contributed by atoms with Crippen molar-refractivity contribution in [3.05, 3.63) is 35.4 Å². The summed E-state index contributed by atoms with van der Waals surface area (Å²) < 4.78 is 26.2. The Morgan fingerprint density at radius 2 is 1.89 bits per heavy atom. The van der Waals surface area contributed by atoms with Crippen LogP contribution < -0.4 is 5.32 Å². The molecule has 1 saturated carbocycles. The first-order chi connectivity index (χ1) is 8.56. The second-order valence-corrected chi connectivity index (χ2v) is 5.50. The molecular formula is C15H21F2N. The van der Waals surface area contributed by atoms with E-state index in [9.17, 15) is 8.78 Å². The van der Waals surface area contributed by atoms with E-state index in [4.69, 9.17) is 0 Å². The molecule has 0 spiro atoms. The van der Waals surface area contributed by atoms with Gasteiger partial charge in [0.2, 0.25) is 0 Å². The van der Waals surface area contributed by atoms with Crippen molar-refractivity contribution < 1.29 is 8.78 Å². The third-order valence-corrected chi connectivity index (χ3v) is 4.11. The molecule has 18 heavy (non-hydrogen) atoms. The van der Waals surface area contributed by atoms with Gasteiger partial charge in [0.15, 0.2) is 0 Å². The molecule has 3 heteroatoms. The number of nitrogens with one attached hydrogen (secondary N) is 1. The van der Waals surface area contributed by atoms with Crippen molar-refractivity contribution in [3.8, 4) is 0 Å². The van der Waals surface area contributed by atoms with Crippen molar-refractivity contribution in [1.82, 2.24) is 5.32 Å². The van der Waals surface area contributed by atoms with Crippen LogP contribution in [0.2, 0.25) is 0 Å². The molecule has 2 rings (SSSR count). The van der Waals surface area contributed by atoms with E-state index in [1.807, 2.05) is 6.92 Å². The molecule has 1 aliphatic rings. The van der Waals surface area contributed by atoms with Gasteiger partial charge in [0.25, 0.3) is 0 Å². The fraction of sp³-hybridized carbons (Fsp3) is 0.600. The van der Waals surface area contributed by atoms with Crippen LogP contribution in [0, 0.1) is 23.5 Å². The van der Waals surface area contributed by atoms with E-state index in [0.29, 0.717) is 11.5 Å². The number of benzene rings is 1. The molecule has 1 aromatic carbocycles. The summed E-state index contributed by atoms with van der Waals surface area (Å²) in [5.74, 6) is 0.445. The first kappa shape index (κ1) is 13.5. The summed E-state index contributed by atoms with van der Waals surface area (Å²) in [6.07, 6.45) is 3.87. The predicted octanol–water partition coefficient (Wildman–Crippen LogP) is 4.05. The zero-order chi connectivity index (χ0) is 13.1. The van der Waals surface area contributed by atoms with Gasteiger partial charge in [-0.25, -0.2) is 8.78 Å². The van der Waals surface area contributed by atoms with E-state index in [0.717, 1.165) is 18.5 Å². The Morgan fingerprint density at radius 3 is 2.44 bits per heavy atom. The second-order valence-electron chi connectivity index (χ2n) is 5.50. The minimum atomic E-state index is -0.507. The molecule has 1 aromatic rings. The maximum Gasteiger partial charge on any atom is 0.126 e. The van der Waals surface area contributed by atoms with Gasteiger partial charge in [0, 0.05) is 12.1 Å². The molecule has 1 fully saturated rings. The highest BCUT2D eigenvalue weighted by Gasteiger charge is 2.23. The summed E-state index contributed by atoms with van der Waals surface area (Å²) in [5, 5.41) is 3.39. The van der Waals surface area contributed by atoms with E-state index < -0.39 is 11.6 Å². The Balaban J connectivity index is 1.92. The van der Waals surface area contributed by atoms with Crippen LogP contribution in [0.3, 0.4) is 0 Å². The molecule has 3 atom stereocenters. The second kappa shape index (κ2) is 5.79. The zero-order valence-electron chi connectivity index (χ0n) is 11.0. The first-order valence-electron chi connectivity index (χ1n) is 6.75. The van der Waals surface area contributed by atoms with E-state index in [1.165, 1.54) is 31.4 Å². The van der Waals surface area contributed by atoms with Crippen LogP contribution in [0.25, 0.3) is 0 Å². The zero-order valence-corrected chi connectivity index (χ0v) is 11.0. The number of hydrogen-bond donors (Lipinski definition) is 1. The van der Waals surface area contributed by atoms with E-state index in [-0.39, 0.29) is 6.04 Å². The van der Waals surface area contributed by atoms with Gasteiger partial charge in [-0.15, -0.1) is 0 Å². The van der Waals surface area contributed by atoms with Crippen LogP contribution in [0.4, 0.5) is 8.78 Å². The van der Waals surface area contributed by atoms with E-state index in [2.05, 4.69) is 12.2 Å². The van der Waals surface area contributed by atoms with E-state index in [1.54, 1.807) is 0 Å². The largest absolute Gasteiger partial charge is 0.310 e. The minimum Gasteiger partial charge on any atom is -0.310 e. The molecule has 0 amide bonds.